The Morgan fingerprint density at radius 2 is 1.33 bits per heavy atom. The Balaban J connectivity index is 1.24. The molecule has 0 aromatic heterocycles. The number of amides is 3. The van der Waals surface area contributed by atoms with Crippen LogP contribution in [0.4, 0.5) is 0 Å². The van der Waals surface area contributed by atoms with Gasteiger partial charge in [0, 0.05) is 64.1 Å². The molecule has 5 N–H and O–H groups in total. The zero-order chi connectivity index (χ0) is 46.0. The smallest absolute Gasteiger partial charge is 0.404 e. The molecule has 3 aliphatic rings. The number of hydrogen-bond donors (Lipinski definition) is 5. The highest BCUT2D eigenvalue weighted by Crippen LogP contribution is 2.37. The highest BCUT2D eigenvalue weighted by Gasteiger charge is 2.44. The van der Waals surface area contributed by atoms with Gasteiger partial charge in [-0.1, -0.05) is 115 Å². The van der Waals surface area contributed by atoms with Gasteiger partial charge in [0.1, 0.15) is 23.6 Å². The van der Waals surface area contributed by atoms with E-state index in [0.717, 1.165) is 77.8 Å². The van der Waals surface area contributed by atoms with E-state index in [9.17, 15) is 33.5 Å². The lowest BCUT2D eigenvalue weighted by Crippen LogP contribution is -2.57. The van der Waals surface area contributed by atoms with Crippen molar-refractivity contribution in [2.45, 2.75) is 186 Å². The van der Waals surface area contributed by atoms with Crippen LogP contribution in [-0.4, -0.2) is 126 Å². The predicted octanol–water partition coefficient (Wildman–Crippen LogP) is 7.30. The fourth-order valence-corrected chi connectivity index (χ4v) is 10.2. The van der Waals surface area contributed by atoms with Crippen molar-refractivity contribution in [3.8, 4) is 5.75 Å². The number of phosphoric acid groups is 1. The summed E-state index contributed by atoms with van der Waals surface area (Å²) in [5, 5.41) is 9.18. The quantitative estimate of drug-likeness (QED) is 0.0362. The van der Waals surface area contributed by atoms with Crippen LogP contribution in [0, 0.1) is 5.92 Å². The molecule has 3 saturated heterocycles. The average Bonchev–Trinajstić information content (AvgIpc) is 3.69. The summed E-state index contributed by atoms with van der Waals surface area (Å²) >= 11 is 0. The number of phosphoric ester groups is 1. The third kappa shape index (κ3) is 20.7. The van der Waals surface area contributed by atoms with Crippen molar-refractivity contribution in [1.82, 2.24) is 30.7 Å². The van der Waals surface area contributed by atoms with E-state index in [-0.39, 0.29) is 48.1 Å². The van der Waals surface area contributed by atoms with Gasteiger partial charge in [0.15, 0.2) is 0 Å². The van der Waals surface area contributed by atoms with Crippen molar-refractivity contribution < 1.29 is 38.1 Å². The normalized spacial score (nSPS) is 20.3. The topological polar surface area (TPSA) is 181 Å². The molecule has 3 aliphatic heterocycles. The second-order valence-electron chi connectivity index (χ2n) is 18.8. The van der Waals surface area contributed by atoms with Gasteiger partial charge in [-0.25, -0.2) is 4.57 Å². The second kappa shape index (κ2) is 30.4. The fraction of sp³-hybridized carbons (Fsp3) is 0.796. The summed E-state index contributed by atoms with van der Waals surface area (Å²) in [5.41, 5.74) is 0.691. The number of ketones is 1. The number of carbonyl (C=O) groups excluding carboxylic acids is 4. The van der Waals surface area contributed by atoms with Crippen LogP contribution in [0.15, 0.2) is 24.3 Å². The lowest BCUT2D eigenvalue weighted by Gasteiger charge is -2.35. The van der Waals surface area contributed by atoms with Crippen LogP contribution in [0.1, 0.15) is 167 Å². The SMILES string of the molecule is CCCCCCCCCCCCCCCCN1CCN(CCC(=O)C[C@@H](Cc2ccc(OP(=O)(O)O)cc2)C(=O)N[C@H]2CCCCC3CC[C@@H](C(=O)NCCCCNC)N3C2=O)CC1. The minimum absolute atomic E-state index is 0.00249. The minimum Gasteiger partial charge on any atom is -0.404 e. The first-order valence-corrected chi connectivity index (χ1v) is 26.9. The van der Waals surface area contributed by atoms with Gasteiger partial charge in [-0.15, -0.1) is 0 Å². The van der Waals surface area contributed by atoms with Gasteiger partial charge >= 0.3 is 7.82 Å². The molecule has 15 heteroatoms. The van der Waals surface area contributed by atoms with Gasteiger partial charge in [0.05, 0.1) is 0 Å². The van der Waals surface area contributed by atoms with E-state index in [4.69, 9.17) is 4.52 Å². The first-order valence-electron chi connectivity index (χ1n) is 25.3. The number of rotatable bonds is 32. The number of benzene rings is 1. The number of fused-ring (bicyclic) bond motifs is 1. The molecule has 4 atom stereocenters. The Kier molecular flexibility index (Phi) is 25.5. The van der Waals surface area contributed by atoms with E-state index < -0.39 is 25.8 Å². The molecule has 0 saturated carbocycles. The number of carbonyl (C=O) groups is 4. The molecule has 14 nitrogen and oxygen atoms in total. The molecule has 4 rings (SSSR count). The molecule has 0 spiro atoms. The molecular weight excluding hydrogens is 832 g/mol. The molecule has 1 aromatic rings. The van der Waals surface area contributed by atoms with Crippen LogP contribution in [0.25, 0.3) is 0 Å². The summed E-state index contributed by atoms with van der Waals surface area (Å²) in [6.07, 6.45) is 25.6. The summed E-state index contributed by atoms with van der Waals surface area (Å²) in [6.45, 7) is 9.25. The molecule has 0 aliphatic carbocycles. The number of Topliss-reactive ketones (excluding diaryl/α,β-unsaturated/α-hetero) is 1. The minimum atomic E-state index is -4.75. The van der Waals surface area contributed by atoms with Crippen molar-refractivity contribution in [2.24, 2.45) is 5.92 Å². The Labute approximate surface area is 385 Å². The third-order valence-corrected chi connectivity index (χ3v) is 14.0. The predicted molar refractivity (Wildman–Crippen MR) is 254 cm³/mol. The lowest BCUT2D eigenvalue weighted by molar-refractivity contribution is -0.144. The number of nitrogens with one attached hydrogen (secondary N) is 3. The first-order chi connectivity index (χ1) is 31.0. The highest BCUT2D eigenvalue weighted by molar-refractivity contribution is 7.46. The third-order valence-electron chi connectivity index (χ3n) is 13.6. The average molecular weight is 917 g/mol. The molecule has 3 fully saturated rings. The Bertz CT molecular complexity index is 1550. The fourth-order valence-electron chi connectivity index (χ4n) is 9.76. The molecule has 0 radical (unpaired) electrons. The summed E-state index contributed by atoms with van der Waals surface area (Å²) < 4.78 is 16.1. The van der Waals surface area contributed by atoms with Crippen molar-refractivity contribution in [1.29, 1.82) is 0 Å². The molecule has 3 heterocycles. The van der Waals surface area contributed by atoms with Gasteiger partial charge < -0.3 is 35.2 Å². The van der Waals surface area contributed by atoms with E-state index in [2.05, 4.69) is 32.7 Å². The van der Waals surface area contributed by atoms with Crippen LogP contribution in [0.2, 0.25) is 0 Å². The summed E-state index contributed by atoms with van der Waals surface area (Å²) in [6, 6.07) is 4.69. The molecule has 64 heavy (non-hydrogen) atoms. The first kappa shape index (κ1) is 53.7. The molecular formula is C49H85N6O8P. The number of hydrogen-bond acceptors (Lipinski definition) is 9. The van der Waals surface area contributed by atoms with Gasteiger partial charge in [-0.2, -0.15) is 0 Å². The number of unbranched alkanes of at least 4 members (excludes halogenated alkanes) is 14. The van der Waals surface area contributed by atoms with Gasteiger partial charge in [-0.05, 0) is 89.2 Å². The van der Waals surface area contributed by atoms with Crippen molar-refractivity contribution in [3.05, 3.63) is 29.8 Å². The van der Waals surface area contributed by atoms with Crippen LogP contribution < -0.4 is 20.5 Å². The van der Waals surface area contributed by atoms with E-state index in [0.29, 0.717) is 37.9 Å². The molecule has 1 aromatic carbocycles. The molecule has 3 amide bonds. The Hall–Kier alpha value is -2.87. The maximum atomic E-state index is 14.2. The lowest BCUT2D eigenvalue weighted by atomic mass is 9.91. The van der Waals surface area contributed by atoms with E-state index in [1.54, 1.807) is 17.0 Å². The van der Waals surface area contributed by atoms with Gasteiger partial charge in [-0.3, -0.25) is 29.0 Å². The van der Waals surface area contributed by atoms with E-state index >= 15 is 0 Å². The van der Waals surface area contributed by atoms with Crippen molar-refractivity contribution in [3.63, 3.8) is 0 Å². The second-order valence-corrected chi connectivity index (χ2v) is 20.0. The van der Waals surface area contributed by atoms with Gasteiger partial charge in [0.25, 0.3) is 0 Å². The number of nitrogens with zero attached hydrogens (tertiary/aromatic N) is 3. The molecule has 364 valence electrons. The summed E-state index contributed by atoms with van der Waals surface area (Å²) in [5.74, 6) is -1.58. The maximum absolute atomic E-state index is 14.2. The molecule has 1 unspecified atom stereocenters. The summed E-state index contributed by atoms with van der Waals surface area (Å²) in [7, 11) is -2.85. The Morgan fingerprint density at radius 1 is 0.750 bits per heavy atom. The van der Waals surface area contributed by atoms with E-state index in [1.165, 1.54) is 102 Å². The monoisotopic (exact) mass is 917 g/mol. The van der Waals surface area contributed by atoms with Crippen LogP contribution in [-0.2, 0) is 30.2 Å². The van der Waals surface area contributed by atoms with Crippen LogP contribution in [0.5, 0.6) is 5.75 Å². The number of piperazine rings is 1. The zero-order valence-corrected chi connectivity index (χ0v) is 40.5. The largest absolute Gasteiger partial charge is 0.524 e. The Morgan fingerprint density at radius 3 is 1.94 bits per heavy atom. The van der Waals surface area contributed by atoms with E-state index in [1.807, 2.05) is 7.05 Å². The van der Waals surface area contributed by atoms with Crippen LogP contribution in [0.3, 0.4) is 0 Å². The maximum Gasteiger partial charge on any atom is 0.524 e. The molecule has 0 bridgehead atoms. The standard InChI is InChI=1S/C49H85N6O8P/c1-3-4-5-6-7-8-9-10-11-12-13-14-15-20-32-53-34-36-54(37-35-53)33-29-43(56)39-41(38-40-23-26-44(27-24-40)63-64(60,61)62)47(57)52-45-22-17-16-21-42-25-28-46(55(42)49(45)59)48(58)51-31-19-18-30-50-2/h23-24,26-27,41-42,45-46,50H,3-22,25,28-39H2,1-2H3,(H,51,58)(H,52,57)(H2,60,61,62)/t41-,42?,45+,46+/m1/s1. The zero-order valence-electron chi connectivity index (χ0n) is 39.6. The van der Waals surface area contributed by atoms with Crippen LogP contribution >= 0.6 is 7.82 Å². The highest BCUT2D eigenvalue weighted by atomic mass is 31.2. The van der Waals surface area contributed by atoms with Crippen molar-refractivity contribution >= 4 is 31.3 Å². The van der Waals surface area contributed by atoms with Gasteiger partial charge in [0.2, 0.25) is 17.7 Å². The summed E-state index contributed by atoms with van der Waals surface area (Å²) in [4.78, 5) is 80.6. The van der Waals surface area contributed by atoms with Crippen molar-refractivity contribution in [2.75, 3.05) is 59.4 Å².